The zero-order chi connectivity index (χ0) is 31.7. The van der Waals surface area contributed by atoms with Gasteiger partial charge >= 0.3 is 0 Å². The van der Waals surface area contributed by atoms with Gasteiger partial charge in [0.1, 0.15) is 30.3 Å². The van der Waals surface area contributed by atoms with E-state index in [1.165, 1.54) is 25.5 Å². The average Bonchev–Trinajstić information content (AvgIpc) is 3.59. The van der Waals surface area contributed by atoms with Crippen LogP contribution in [0.5, 0.6) is 11.5 Å². The number of hydrogen-bond acceptors (Lipinski definition) is 9. The Balaban J connectivity index is 1.26. The molecule has 6 rings (SSSR count). The number of rotatable bonds is 11. The molecule has 11 heteroatoms. The fourth-order valence-corrected chi connectivity index (χ4v) is 5.76. The Kier molecular flexibility index (Phi) is 10.2. The maximum atomic E-state index is 13.1. The highest BCUT2D eigenvalue weighted by Crippen LogP contribution is 2.38. The lowest BCUT2D eigenvalue weighted by Gasteiger charge is -2.24. The van der Waals surface area contributed by atoms with Crippen LogP contribution in [0.2, 0.25) is 5.02 Å². The molecule has 0 aliphatic carbocycles. The van der Waals surface area contributed by atoms with Crippen molar-refractivity contribution in [1.29, 1.82) is 5.26 Å². The third-order valence-electron chi connectivity index (χ3n) is 7.91. The molecule has 0 radical (unpaired) electrons. The quantitative estimate of drug-likeness (QED) is 0.174. The molecule has 2 aliphatic heterocycles. The summed E-state index contributed by atoms with van der Waals surface area (Å²) in [7, 11) is 0. The standard InChI is InChI=1S/C35H35ClN6O4/c36-29-17-25(9-10-32(29)45-22-26-7-2-3-12-38-26)40-35-24(20-37)21-39-30-19-33(46-27-11-16-44-23-27)31(18-28(30)35)41-34(43)8-6-15-42-13-4-1-5-14-42/h2-3,6-10,12,17-19,21,27H,1,4-5,11,13-16,22-23H2,(H,39,40)(H,41,43). The fraction of sp³-hybridized carbons (Fsp3) is 0.314. The van der Waals surface area contributed by atoms with Crippen molar-refractivity contribution in [3.05, 3.63) is 89.4 Å². The number of hydrogen-bond donors (Lipinski definition) is 2. The highest BCUT2D eigenvalue weighted by Gasteiger charge is 2.21. The van der Waals surface area contributed by atoms with E-state index in [1.807, 2.05) is 30.3 Å². The predicted octanol–water partition coefficient (Wildman–Crippen LogP) is 6.63. The first-order valence-electron chi connectivity index (χ1n) is 15.5. The molecule has 2 fully saturated rings. The van der Waals surface area contributed by atoms with Crippen LogP contribution in [0.3, 0.4) is 0 Å². The van der Waals surface area contributed by atoms with Crippen molar-refractivity contribution in [2.75, 3.05) is 43.5 Å². The van der Waals surface area contributed by atoms with E-state index in [2.05, 4.69) is 31.6 Å². The summed E-state index contributed by atoms with van der Waals surface area (Å²) >= 11 is 6.58. The second-order valence-electron chi connectivity index (χ2n) is 11.3. The number of pyridine rings is 2. The summed E-state index contributed by atoms with van der Waals surface area (Å²) in [5.41, 5.74) is 3.35. The van der Waals surface area contributed by atoms with Crippen molar-refractivity contribution in [1.82, 2.24) is 14.9 Å². The van der Waals surface area contributed by atoms with Crippen LogP contribution in [0, 0.1) is 11.3 Å². The number of anilines is 3. The number of aromatic nitrogens is 2. The summed E-state index contributed by atoms with van der Waals surface area (Å²) in [4.78, 5) is 24.2. The van der Waals surface area contributed by atoms with Gasteiger partial charge in [-0.3, -0.25) is 19.7 Å². The van der Waals surface area contributed by atoms with E-state index < -0.39 is 0 Å². The van der Waals surface area contributed by atoms with Crippen LogP contribution in [0.25, 0.3) is 10.9 Å². The smallest absolute Gasteiger partial charge is 0.248 e. The van der Waals surface area contributed by atoms with E-state index in [4.69, 9.17) is 25.8 Å². The van der Waals surface area contributed by atoms with Gasteiger partial charge in [0.2, 0.25) is 5.91 Å². The van der Waals surface area contributed by atoms with E-state index in [-0.39, 0.29) is 18.6 Å². The first-order chi connectivity index (χ1) is 22.6. The SMILES string of the molecule is N#Cc1cnc2cc(OC3CCOC3)c(NC(=O)C=CCN3CCCCC3)cc2c1Nc1ccc(OCc2ccccn2)c(Cl)c1. The van der Waals surface area contributed by atoms with Crippen molar-refractivity contribution >= 4 is 45.5 Å². The number of likely N-dealkylation sites (tertiary alicyclic amines) is 1. The Morgan fingerprint density at radius 1 is 1.13 bits per heavy atom. The van der Waals surface area contributed by atoms with Crippen molar-refractivity contribution in [3.8, 4) is 17.6 Å². The van der Waals surface area contributed by atoms with Crippen LogP contribution in [0.4, 0.5) is 17.1 Å². The van der Waals surface area contributed by atoms with E-state index in [0.717, 1.165) is 31.7 Å². The molecular weight excluding hydrogens is 604 g/mol. The molecule has 236 valence electrons. The number of amides is 1. The Bertz CT molecular complexity index is 1750. The van der Waals surface area contributed by atoms with Crippen LogP contribution >= 0.6 is 11.6 Å². The molecule has 10 nitrogen and oxygen atoms in total. The Hall–Kier alpha value is -4.69. The van der Waals surface area contributed by atoms with Gasteiger partial charge in [0, 0.05) is 48.6 Å². The first-order valence-corrected chi connectivity index (χ1v) is 15.8. The number of ether oxygens (including phenoxy) is 3. The minimum Gasteiger partial charge on any atom is -0.486 e. The third-order valence-corrected chi connectivity index (χ3v) is 8.21. The second kappa shape index (κ2) is 15.1. The Labute approximate surface area is 272 Å². The van der Waals surface area contributed by atoms with E-state index in [9.17, 15) is 10.1 Å². The molecule has 0 bridgehead atoms. The molecular formula is C35H35ClN6O4. The number of nitrogens with zero attached hydrogens (tertiary/aromatic N) is 4. The van der Waals surface area contributed by atoms with Crippen LogP contribution in [-0.4, -0.2) is 59.7 Å². The maximum absolute atomic E-state index is 13.1. The van der Waals surface area contributed by atoms with E-state index in [1.54, 1.807) is 36.5 Å². The largest absolute Gasteiger partial charge is 0.486 e. The van der Waals surface area contributed by atoms with Gasteiger partial charge in [0.15, 0.2) is 0 Å². The van der Waals surface area contributed by atoms with Crippen LogP contribution < -0.4 is 20.1 Å². The van der Waals surface area contributed by atoms with Gasteiger partial charge in [-0.15, -0.1) is 0 Å². The van der Waals surface area contributed by atoms with Crippen LogP contribution in [0.1, 0.15) is 36.9 Å². The summed E-state index contributed by atoms with van der Waals surface area (Å²) in [6, 6.07) is 16.7. The Morgan fingerprint density at radius 3 is 2.78 bits per heavy atom. The van der Waals surface area contributed by atoms with Crippen molar-refractivity contribution in [3.63, 3.8) is 0 Å². The summed E-state index contributed by atoms with van der Waals surface area (Å²) < 4.78 is 17.7. The maximum Gasteiger partial charge on any atom is 0.248 e. The van der Waals surface area contributed by atoms with Gasteiger partial charge in [-0.05, 0) is 62.3 Å². The molecule has 1 amide bonds. The molecule has 2 N–H and O–H groups in total. The molecule has 2 aromatic heterocycles. The van der Waals surface area contributed by atoms with Crippen molar-refractivity contribution in [2.24, 2.45) is 0 Å². The van der Waals surface area contributed by atoms with Crippen LogP contribution in [-0.2, 0) is 16.1 Å². The lowest BCUT2D eigenvalue weighted by atomic mass is 10.1. The van der Waals surface area contributed by atoms with Crippen molar-refractivity contribution in [2.45, 2.75) is 38.4 Å². The second-order valence-corrected chi connectivity index (χ2v) is 11.7. The molecule has 46 heavy (non-hydrogen) atoms. The van der Waals surface area contributed by atoms with Gasteiger partial charge in [-0.25, -0.2) is 0 Å². The van der Waals surface area contributed by atoms with Gasteiger partial charge in [-0.1, -0.05) is 30.2 Å². The number of benzene rings is 2. The molecule has 1 atom stereocenters. The van der Waals surface area contributed by atoms with Crippen molar-refractivity contribution < 1.29 is 19.0 Å². The zero-order valence-electron chi connectivity index (χ0n) is 25.4. The molecule has 4 aromatic rings. The number of piperidine rings is 1. The lowest BCUT2D eigenvalue weighted by molar-refractivity contribution is -0.111. The highest BCUT2D eigenvalue weighted by molar-refractivity contribution is 6.32. The predicted molar refractivity (Wildman–Crippen MR) is 178 cm³/mol. The molecule has 1 unspecified atom stereocenters. The number of carbonyl (C=O) groups excluding carboxylic acids is 1. The summed E-state index contributed by atoms with van der Waals surface area (Å²) in [5, 5.41) is 17.4. The van der Waals surface area contributed by atoms with Gasteiger partial charge in [-0.2, -0.15) is 5.26 Å². The minimum absolute atomic E-state index is 0.140. The highest BCUT2D eigenvalue weighted by atomic mass is 35.5. The number of carbonyl (C=O) groups is 1. The summed E-state index contributed by atoms with van der Waals surface area (Å²) in [6.07, 6.45) is 10.9. The number of fused-ring (bicyclic) bond motifs is 1. The normalized spacial score (nSPS) is 16.7. The van der Waals surface area contributed by atoms with Gasteiger partial charge in [0.05, 0.1) is 46.4 Å². The van der Waals surface area contributed by atoms with Crippen LogP contribution in [0.15, 0.2) is 73.1 Å². The van der Waals surface area contributed by atoms with Gasteiger partial charge in [0.25, 0.3) is 0 Å². The average molecular weight is 639 g/mol. The Morgan fingerprint density at radius 2 is 2.02 bits per heavy atom. The van der Waals surface area contributed by atoms with E-state index >= 15 is 0 Å². The summed E-state index contributed by atoms with van der Waals surface area (Å²) in [5.74, 6) is 0.728. The topological polar surface area (TPSA) is 122 Å². The van der Waals surface area contributed by atoms with E-state index in [0.29, 0.717) is 63.3 Å². The molecule has 0 spiro atoms. The summed E-state index contributed by atoms with van der Waals surface area (Å²) in [6.45, 7) is 4.19. The molecule has 4 heterocycles. The first kappa shape index (κ1) is 31.3. The minimum atomic E-state index is -0.268. The monoisotopic (exact) mass is 638 g/mol. The molecule has 2 saturated heterocycles. The van der Waals surface area contributed by atoms with Gasteiger partial charge < -0.3 is 24.8 Å². The number of nitrogens with one attached hydrogen (secondary N) is 2. The molecule has 2 aromatic carbocycles. The third kappa shape index (κ3) is 7.93. The molecule has 2 aliphatic rings. The number of nitriles is 1. The zero-order valence-corrected chi connectivity index (χ0v) is 26.1. The number of halogens is 1. The molecule has 0 saturated carbocycles. The lowest BCUT2D eigenvalue weighted by Crippen LogP contribution is -2.29. The fourth-order valence-electron chi connectivity index (χ4n) is 5.52.